The van der Waals surface area contributed by atoms with Crippen LogP contribution in [-0.2, 0) is 26.2 Å². The zero-order valence-electron chi connectivity index (χ0n) is 21.6. The molecule has 3 aromatic carbocycles. The van der Waals surface area contributed by atoms with Gasteiger partial charge < -0.3 is 10.2 Å². The Morgan fingerprint density at radius 2 is 1.62 bits per heavy atom. The van der Waals surface area contributed by atoms with Gasteiger partial charge in [-0.05, 0) is 61.4 Å². The molecule has 7 nitrogen and oxygen atoms in total. The zero-order valence-corrected chi connectivity index (χ0v) is 24.7. The van der Waals surface area contributed by atoms with Gasteiger partial charge in [0.05, 0.1) is 15.6 Å². The van der Waals surface area contributed by atoms with Crippen LogP contribution in [0.4, 0.5) is 5.69 Å². The van der Waals surface area contributed by atoms with Gasteiger partial charge in [-0.25, -0.2) is 8.42 Å². The summed E-state index contributed by atoms with van der Waals surface area (Å²) in [6, 6.07) is 18.1. The quantitative estimate of drug-likeness (QED) is 0.248. The van der Waals surface area contributed by atoms with Gasteiger partial charge in [0.15, 0.2) is 0 Å². The fourth-order valence-corrected chi connectivity index (χ4v) is 5.96. The molecule has 0 aliphatic heterocycles. The molecule has 3 aromatic rings. The lowest BCUT2D eigenvalue weighted by Crippen LogP contribution is -2.51. The highest BCUT2D eigenvalue weighted by Gasteiger charge is 2.33. The van der Waals surface area contributed by atoms with E-state index < -0.39 is 28.5 Å². The van der Waals surface area contributed by atoms with E-state index in [2.05, 4.69) is 5.32 Å². The predicted molar refractivity (Wildman–Crippen MR) is 157 cm³/mol. The van der Waals surface area contributed by atoms with Crippen LogP contribution in [0, 0.1) is 0 Å². The lowest BCUT2D eigenvalue weighted by molar-refractivity contribution is -0.139. The van der Waals surface area contributed by atoms with Gasteiger partial charge in [-0.2, -0.15) is 0 Å². The number of anilines is 1. The third kappa shape index (κ3) is 8.11. The van der Waals surface area contributed by atoms with E-state index in [1.54, 1.807) is 49.4 Å². The number of carbonyl (C=O) groups excluding carboxylic acids is 2. The first-order chi connectivity index (χ1) is 18.5. The first kappa shape index (κ1) is 30.8. The molecule has 3 rings (SSSR count). The molecule has 0 unspecified atom stereocenters. The number of unbranched alkanes of at least 4 members (excludes halogenated alkanes) is 1. The van der Waals surface area contributed by atoms with Gasteiger partial charge in [-0.1, -0.05) is 78.5 Å². The molecular formula is C28H30Cl3N3O4S. The van der Waals surface area contributed by atoms with Crippen molar-refractivity contribution in [2.75, 3.05) is 17.4 Å². The van der Waals surface area contributed by atoms with Gasteiger partial charge in [-0.3, -0.25) is 13.9 Å². The second-order valence-electron chi connectivity index (χ2n) is 8.89. The maximum atomic E-state index is 13.9. The molecule has 0 fully saturated rings. The van der Waals surface area contributed by atoms with E-state index in [0.29, 0.717) is 17.1 Å². The van der Waals surface area contributed by atoms with Crippen LogP contribution in [0.2, 0.25) is 15.1 Å². The Kier molecular flexibility index (Phi) is 11.1. The smallest absolute Gasteiger partial charge is 0.264 e. The monoisotopic (exact) mass is 609 g/mol. The standard InChI is InChI=1S/C28H30Cl3N3O4S/c1-3-4-15-32-28(36)20(2)33(18-21-9-8-10-22(29)16-21)27(35)19-34(26-17-23(30)13-14-25(26)31)39(37,38)24-11-6-5-7-12-24/h5-14,16-17,20H,3-4,15,18-19H2,1-2H3,(H,32,36)/t20-/m0/s1. The van der Waals surface area contributed by atoms with Crippen molar-refractivity contribution in [1.29, 1.82) is 0 Å². The zero-order chi connectivity index (χ0) is 28.6. The number of rotatable bonds is 12. The fraction of sp³-hybridized carbons (Fsp3) is 0.286. The molecule has 0 radical (unpaired) electrons. The lowest BCUT2D eigenvalue weighted by Gasteiger charge is -2.32. The van der Waals surface area contributed by atoms with E-state index in [-0.39, 0.29) is 33.1 Å². The van der Waals surface area contributed by atoms with Gasteiger partial charge in [0.1, 0.15) is 12.6 Å². The summed E-state index contributed by atoms with van der Waals surface area (Å²) in [6.07, 6.45) is 1.68. The minimum Gasteiger partial charge on any atom is -0.354 e. The van der Waals surface area contributed by atoms with E-state index in [4.69, 9.17) is 34.8 Å². The second-order valence-corrected chi connectivity index (χ2v) is 12.0. The van der Waals surface area contributed by atoms with E-state index >= 15 is 0 Å². The van der Waals surface area contributed by atoms with Crippen molar-refractivity contribution in [2.45, 2.75) is 44.2 Å². The second kappa shape index (κ2) is 14.0. The van der Waals surface area contributed by atoms with Gasteiger partial charge >= 0.3 is 0 Å². The van der Waals surface area contributed by atoms with Crippen molar-refractivity contribution >= 4 is 62.3 Å². The van der Waals surface area contributed by atoms with Crippen LogP contribution in [0.1, 0.15) is 32.3 Å². The molecule has 0 heterocycles. The SMILES string of the molecule is CCCCNC(=O)[C@H](C)N(Cc1cccc(Cl)c1)C(=O)CN(c1cc(Cl)ccc1Cl)S(=O)(=O)c1ccccc1. The molecule has 0 aromatic heterocycles. The summed E-state index contributed by atoms with van der Waals surface area (Å²) in [5.41, 5.74) is 0.728. The third-order valence-corrected chi connectivity index (χ3v) is 8.59. The molecule has 0 aliphatic carbocycles. The lowest BCUT2D eigenvalue weighted by atomic mass is 10.1. The molecule has 208 valence electrons. The molecule has 2 amide bonds. The Labute approximate surface area is 244 Å². The molecule has 0 saturated carbocycles. The van der Waals surface area contributed by atoms with Crippen LogP contribution in [-0.4, -0.2) is 44.3 Å². The Bertz CT molecular complexity index is 1400. The third-order valence-electron chi connectivity index (χ3n) is 6.03. The van der Waals surface area contributed by atoms with Crippen LogP contribution in [0.15, 0.2) is 77.7 Å². The van der Waals surface area contributed by atoms with E-state index in [9.17, 15) is 18.0 Å². The molecule has 0 spiro atoms. The molecule has 1 atom stereocenters. The number of benzene rings is 3. The van der Waals surface area contributed by atoms with E-state index in [1.165, 1.54) is 35.2 Å². The Morgan fingerprint density at radius 1 is 0.923 bits per heavy atom. The summed E-state index contributed by atoms with van der Waals surface area (Å²) in [6.45, 7) is 3.49. The largest absolute Gasteiger partial charge is 0.354 e. The molecule has 39 heavy (non-hydrogen) atoms. The molecule has 0 aliphatic rings. The van der Waals surface area contributed by atoms with Crippen molar-refractivity contribution in [3.8, 4) is 0 Å². The van der Waals surface area contributed by atoms with Crippen LogP contribution < -0.4 is 9.62 Å². The highest BCUT2D eigenvalue weighted by atomic mass is 35.5. The van der Waals surface area contributed by atoms with E-state index in [1.807, 2.05) is 6.92 Å². The Hall–Kier alpha value is -2.78. The average Bonchev–Trinajstić information content (AvgIpc) is 2.92. The number of nitrogens with zero attached hydrogens (tertiary/aromatic N) is 2. The van der Waals surface area contributed by atoms with Crippen molar-refractivity contribution in [2.24, 2.45) is 0 Å². The summed E-state index contributed by atoms with van der Waals surface area (Å²) in [4.78, 5) is 28.2. The minimum absolute atomic E-state index is 0.0272. The number of hydrogen-bond donors (Lipinski definition) is 1. The summed E-state index contributed by atoms with van der Waals surface area (Å²) >= 11 is 18.8. The van der Waals surface area contributed by atoms with Crippen molar-refractivity contribution in [1.82, 2.24) is 10.2 Å². The van der Waals surface area contributed by atoms with Gasteiger partial charge in [0.2, 0.25) is 11.8 Å². The van der Waals surface area contributed by atoms with Crippen molar-refractivity contribution in [3.63, 3.8) is 0 Å². The van der Waals surface area contributed by atoms with Gasteiger partial charge in [-0.15, -0.1) is 0 Å². The molecule has 0 bridgehead atoms. The van der Waals surface area contributed by atoms with Crippen LogP contribution in [0.3, 0.4) is 0 Å². The average molecular weight is 611 g/mol. The summed E-state index contributed by atoms with van der Waals surface area (Å²) in [7, 11) is -4.24. The topological polar surface area (TPSA) is 86.8 Å². The van der Waals surface area contributed by atoms with Crippen molar-refractivity contribution < 1.29 is 18.0 Å². The van der Waals surface area contributed by atoms with Gasteiger partial charge in [0, 0.05) is 23.1 Å². The fourth-order valence-electron chi connectivity index (χ4n) is 3.86. The first-order valence-corrected chi connectivity index (χ1v) is 15.0. The van der Waals surface area contributed by atoms with Crippen LogP contribution in [0.25, 0.3) is 0 Å². The minimum atomic E-state index is -4.24. The summed E-state index contributed by atoms with van der Waals surface area (Å²) < 4.78 is 28.5. The van der Waals surface area contributed by atoms with Crippen LogP contribution >= 0.6 is 34.8 Å². The molecular weight excluding hydrogens is 581 g/mol. The van der Waals surface area contributed by atoms with Gasteiger partial charge in [0.25, 0.3) is 10.0 Å². The summed E-state index contributed by atoms with van der Waals surface area (Å²) in [5.74, 6) is -0.958. The molecule has 0 saturated heterocycles. The Balaban J connectivity index is 2.03. The number of nitrogens with one attached hydrogen (secondary N) is 1. The highest BCUT2D eigenvalue weighted by molar-refractivity contribution is 7.92. The van der Waals surface area contributed by atoms with E-state index in [0.717, 1.165) is 17.1 Å². The summed E-state index contributed by atoms with van der Waals surface area (Å²) in [5, 5.41) is 3.66. The molecule has 11 heteroatoms. The first-order valence-electron chi connectivity index (χ1n) is 12.4. The van der Waals surface area contributed by atoms with Crippen LogP contribution in [0.5, 0.6) is 0 Å². The maximum absolute atomic E-state index is 13.9. The number of hydrogen-bond acceptors (Lipinski definition) is 4. The number of carbonyl (C=O) groups is 2. The number of amides is 2. The Morgan fingerprint density at radius 3 is 2.28 bits per heavy atom. The normalized spacial score (nSPS) is 12.0. The predicted octanol–water partition coefficient (Wildman–Crippen LogP) is 6.18. The molecule has 1 N–H and O–H groups in total. The highest BCUT2D eigenvalue weighted by Crippen LogP contribution is 2.33. The maximum Gasteiger partial charge on any atom is 0.264 e. The number of sulfonamides is 1. The number of halogens is 3. The van der Waals surface area contributed by atoms with Crippen molar-refractivity contribution in [3.05, 3.63) is 93.4 Å².